The molecule has 1 saturated heterocycles. The van der Waals surface area contributed by atoms with E-state index >= 15 is 0 Å². The van der Waals surface area contributed by atoms with E-state index in [1.165, 1.54) is 12.8 Å². The lowest BCUT2D eigenvalue weighted by Crippen LogP contribution is -2.32. The van der Waals surface area contributed by atoms with Gasteiger partial charge in [-0.15, -0.1) is 0 Å². The first-order valence-corrected chi connectivity index (χ1v) is 7.16. The summed E-state index contributed by atoms with van der Waals surface area (Å²) >= 11 is 0. The van der Waals surface area contributed by atoms with Gasteiger partial charge in [0.15, 0.2) is 0 Å². The molecule has 2 rings (SSSR count). The van der Waals surface area contributed by atoms with Crippen LogP contribution in [0.4, 0.5) is 5.82 Å². The molecular weight excluding hydrogens is 240 g/mol. The van der Waals surface area contributed by atoms with Gasteiger partial charge in [0.2, 0.25) is 0 Å². The Hall–Kier alpha value is -1.65. The van der Waals surface area contributed by atoms with E-state index in [9.17, 15) is 4.79 Å². The van der Waals surface area contributed by atoms with Gasteiger partial charge in [0, 0.05) is 19.6 Å². The molecule has 19 heavy (non-hydrogen) atoms. The van der Waals surface area contributed by atoms with Crippen molar-refractivity contribution in [1.29, 1.82) is 0 Å². The molecule has 0 aliphatic carbocycles. The van der Waals surface area contributed by atoms with Crippen molar-refractivity contribution >= 4 is 11.7 Å². The molecule has 0 bridgehead atoms. The van der Waals surface area contributed by atoms with Gasteiger partial charge in [-0.05, 0) is 19.3 Å². The Morgan fingerprint density at radius 3 is 2.68 bits per heavy atom. The molecule has 1 amide bonds. The first-order valence-electron chi connectivity index (χ1n) is 7.16. The van der Waals surface area contributed by atoms with E-state index in [-0.39, 0.29) is 5.91 Å². The van der Waals surface area contributed by atoms with Crippen molar-refractivity contribution < 1.29 is 4.79 Å². The summed E-state index contributed by atoms with van der Waals surface area (Å²) < 4.78 is 0. The van der Waals surface area contributed by atoms with Crippen molar-refractivity contribution in [3.05, 3.63) is 18.1 Å². The molecule has 1 aromatic rings. The van der Waals surface area contributed by atoms with Gasteiger partial charge in [-0.2, -0.15) is 0 Å². The third-order valence-corrected chi connectivity index (χ3v) is 3.30. The molecule has 5 heteroatoms. The van der Waals surface area contributed by atoms with Gasteiger partial charge in [0.25, 0.3) is 5.91 Å². The molecule has 1 fully saturated rings. The minimum absolute atomic E-state index is 0.00884. The average Bonchev–Trinajstić information content (AvgIpc) is 2.73. The van der Waals surface area contributed by atoms with E-state index in [1.54, 1.807) is 12.4 Å². The monoisotopic (exact) mass is 262 g/mol. The topological polar surface area (TPSA) is 58.1 Å². The molecule has 0 spiro atoms. The zero-order chi connectivity index (χ0) is 13.5. The number of hydrogen-bond acceptors (Lipinski definition) is 4. The Morgan fingerprint density at radius 2 is 2.00 bits per heavy atom. The highest BCUT2D eigenvalue weighted by molar-refractivity contribution is 5.92. The first-order chi connectivity index (χ1) is 9.31. The van der Waals surface area contributed by atoms with Gasteiger partial charge in [0.1, 0.15) is 11.5 Å². The minimum atomic E-state index is 0.00884. The zero-order valence-corrected chi connectivity index (χ0v) is 11.6. The van der Waals surface area contributed by atoms with Crippen LogP contribution >= 0.6 is 0 Å². The van der Waals surface area contributed by atoms with Crippen LogP contribution < -0.4 is 5.32 Å². The van der Waals surface area contributed by atoms with E-state index in [2.05, 4.69) is 22.2 Å². The van der Waals surface area contributed by atoms with Crippen molar-refractivity contribution in [3.8, 4) is 0 Å². The maximum Gasteiger partial charge on any atom is 0.274 e. The van der Waals surface area contributed by atoms with Crippen LogP contribution in [0.1, 0.15) is 49.5 Å². The van der Waals surface area contributed by atoms with Crippen LogP contribution in [-0.2, 0) is 0 Å². The lowest BCUT2D eigenvalue weighted by atomic mass is 10.2. The second-order valence-corrected chi connectivity index (χ2v) is 4.92. The lowest BCUT2D eigenvalue weighted by molar-refractivity contribution is 0.0755. The number of hydrogen-bond donors (Lipinski definition) is 1. The number of carbonyl (C=O) groups excluding carboxylic acids is 1. The molecule has 104 valence electrons. The largest absolute Gasteiger partial charge is 0.369 e. The Labute approximate surface area is 114 Å². The highest BCUT2D eigenvalue weighted by Crippen LogP contribution is 2.13. The van der Waals surface area contributed by atoms with E-state index in [0.29, 0.717) is 11.5 Å². The summed E-state index contributed by atoms with van der Waals surface area (Å²) in [7, 11) is 0. The van der Waals surface area contributed by atoms with Gasteiger partial charge in [-0.3, -0.25) is 9.78 Å². The summed E-state index contributed by atoms with van der Waals surface area (Å²) in [5.41, 5.74) is 0.447. The molecule has 1 N–H and O–H groups in total. The van der Waals surface area contributed by atoms with Gasteiger partial charge in [-0.25, -0.2) is 4.98 Å². The van der Waals surface area contributed by atoms with Crippen LogP contribution in [0.25, 0.3) is 0 Å². The fourth-order valence-electron chi connectivity index (χ4n) is 2.24. The van der Waals surface area contributed by atoms with Gasteiger partial charge in [0.05, 0.1) is 12.4 Å². The van der Waals surface area contributed by atoms with Gasteiger partial charge >= 0.3 is 0 Å². The van der Waals surface area contributed by atoms with Crippen molar-refractivity contribution in [2.75, 3.05) is 25.0 Å². The fourth-order valence-corrected chi connectivity index (χ4v) is 2.24. The van der Waals surface area contributed by atoms with Crippen LogP contribution in [-0.4, -0.2) is 40.4 Å². The standard InChI is InChI=1S/C14H22N4O/c1-2-7-16-13-11-15-10-12(17-13)14(19)18-8-5-3-4-6-9-18/h10-11H,2-9H2,1H3,(H,16,17). The van der Waals surface area contributed by atoms with Gasteiger partial charge < -0.3 is 10.2 Å². The smallest absolute Gasteiger partial charge is 0.274 e. The van der Waals surface area contributed by atoms with Crippen LogP contribution in [0, 0.1) is 0 Å². The van der Waals surface area contributed by atoms with Crippen molar-refractivity contribution in [2.45, 2.75) is 39.0 Å². The second-order valence-electron chi connectivity index (χ2n) is 4.92. The highest BCUT2D eigenvalue weighted by Gasteiger charge is 2.18. The fraction of sp³-hybridized carbons (Fsp3) is 0.643. The Morgan fingerprint density at radius 1 is 1.26 bits per heavy atom. The minimum Gasteiger partial charge on any atom is -0.369 e. The second kappa shape index (κ2) is 7.07. The summed E-state index contributed by atoms with van der Waals surface area (Å²) in [5, 5.41) is 3.16. The number of nitrogens with one attached hydrogen (secondary N) is 1. The van der Waals surface area contributed by atoms with E-state index < -0.39 is 0 Å². The maximum absolute atomic E-state index is 12.4. The Bertz CT molecular complexity index is 414. The summed E-state index contributed by atoms with van der Waals surface area (Å²) in [6, 6.07) is 0. The number of likely N-dealkylation sites (tertiary alicyclic amines) is 1. The Kier molecular flexibility index (Phi) is 5.12. The maximum atomic E-state index is 12.4. The molecule has 1 aromatic heterocycles. The third kappa shape index (κ3) is 3.91. The average molecular weight is 262 g/mol. The molecule has 0 saturated carbocycles. The summed E-state index contributed by atoms with van der Waals surface area (Å²) in [4.78, 5) is 22.7. The van der Waals surface area contributed by atoms with Crippen LogP contribution in [0.15, 0.2) is 12.4 Å². The lowest BCUT2D eigenvalue weighted by Gasteiger charge is -2.19. The number of amides is 1. The number of nitrogens with zero attached hydrogens (tertiary/aromatic N) is 3. The number of aromatic nitrogens is 2. The predicted molar refractivity (Wildman–Crippen MR) is 75.2 cm³/mol. The zero-order valence-electron chi connectivity index (χ0n) is 11.6. The summed E-state index contributed by atoms with van der Waals surface area (Å²) in [6.07, 6.45) is 8.85. The van der Waals surface area contributed by atoms with Gasteiger partial charge in [-0.1, -0.05) is 19.8 Å². The first kappa shape index (κ1) is 13.8. The van der Waals surface area contributed by atoms with Crippen LogP contribution in [0.5, 0.6) is 0 Å². The van der Waals surface area contributed by atoms with Crippen molar-refractivity contribution in [1.82, 2.24) is 14.9 Å². The molecule has 0 unspecified atom stereocenters. The van der Waals surface area contributed by atoms with E-state index in [1.807, 2.05) is 4.90 Å². The van der Waals surface area contributed by atoms with Crippen molar-refractivity contribution in [3.63, 3.8) is 0 Å². The molecule has 1 aliphatic heterocycles. The predicted octanol–water partition coefficient (Wildman–Crippen LogP) is 2.31. The van der Waals surface area contributed by atoms with Crippen molar-refractivity contribution in [2.24, 2.45) is 0 Å². The number of carbonyl (C=O) groups is 1. The van der Waals surface area contributed by atoms with Crippen LogP contribution in [0.2, 0.25) is 0 Å². The number of rotatable bonds is 4. The number of anilines is 1. The molecule has 2 heterocycles. The molecule has 0 radical (unpaired) electrons. The Balaban J connectivity index is 2.04. The normalized spacial score (nSPS) is 15.9. The van der Waals surface area contributed by atoms with Crippen LogP contribution in [0.3, 0.4) is 0 Å². The molecule has 1 aliphatic rings. The summed E-state index contributed by atoms with van der Waals surface area (Å²) in [6.45, 7) is 4.61. The highest BCUT2D eigenvalue weighted by atomic mass is 16.2. The SMILES string of the molecule is CCCNc1cncc(C(=O)N2CCCCCC2)n1. The molecule has 0 atom stereocenters. The quantitative estimate of drug-likeness (QED) is 0.904. The molecule has 5 nitrogen and oxygen atoms in total. The van der Waals surface area contributed by atoms with E-state index in [0.717, 1.165) is 38.9 Å². The summed E-state index contributed by atoms with van der Waals surface area (Å²) in [5.74, 6) is 0.692. The molecular formula is C14H22N4O. The van der Waals surface area contributed by atoms with E-state index in [4.69, 9.17) is 0 Å². The third-order valence-electron chi connectivity index (χ3n) is 3.30. The molecule has 0 aromatic carbocycles.